The number of ether oxygens (including phenoxy) is 2. The maximum atomic E-state index is 11.5. The molecule has 2 rings (SSSR count). The number of hydrogen-bond acceptors (Lipinski definition) is 5. The lowest BCUT2D eigenvalue weighted by molar-refractivity contribution is -0.145. The second-order valence-corrected chi connectivity index (χ2v) is 5.64. The Kier molecular flexibility index (Phi) is 5.62. The Morgan fingerprint density at radius 3 is 2.65 bits per heavy atom. The van der Waals surface area contributed by atoms with E-state index in [1.807, 2.05) is 0 Å². The molecule has 1 heterocycles. The summed E-state index contributed by atoms with van der Waals surface area (Å²) in [5.74, 6) is -0.751. The molecule has 1 aliphatic heterocycles. The lowest BCUT2D eigenvalue weighted by Crippen LogP contribution is -2.22. The minimum Gasteiger partial charge on any atom is -0.479 e. The van der Waals surface area contributed by atoms with Crippen LogP contribution in [0.1, 0.15) is 12.5 Å². The zero-order valence-electron chi connectivity index (χ0n) is 11.9. The van der Waals surface area contributed by atoms with E-state index < -0.39 is 17.9 Å². The molecule has 7 nitrogen and oxygen atoms in total. The first kappa shape index (κ1) is 17.3. The zero-order valence-corrected chi connectivity index (χ0v) is 14.3. The van der Waals surface area contributed by atoms with Crippen molar-refractivity contribution < 1.29 is 23.9 Å². The van der Waals surface area contributed by atoms with Crippen LogP contribution in [0.15, 0.2) is 22.3 Å². The topological polar surface area (TPSA) is 93.7 Å². The van der Waals surface area contributed by atoms with Gasteiger partial charge in [0.15, 0.2) is 12.4 Å². The summed E-state index contributed by atoms with van der Waals surface area (Å²) in [6.07, 6.45) is 1.46. The van der Waals surface area contributed by atoms with Gasteiger partial charge in [0.05, 0.1) is 16.1 Å². The predicted octanol–water partition coefficient (Wildman–Crippen LogP) is 2.22. The summed E-state index contributed by atoms with van der Waals surface area (Å²) in [6, 6.07) is 2.59. The van der Waals surface area contributed by atoms with Gasteiger partial charge in [-0.15, -0.1) is 0 Å². The van der Waals surface area contributed by atoms with Crippen LogP contribution in [0.4, 0.5) is 4.79 Å². The molecule has 0 aliphatic carbocycles. The van der Waals surface area contributed by atoms with Gasteiger partial charge in [0.1, 0.15) is 5.70 Å². The molecule has 2 N–H and O–H groups in total. The van der Waals surface area contributed by atoms with Crippen molar-refractivity contribution in [2.24, 2.45) is 0 Å². The molecule has 1 fully saturated rings. The molecule has 0 spiro atoms. The standard InChI is InChI=1S/C14H12BrClN2O5/c1-2-22-11(19)6-23-12-8(15)3-7(4-9(12)16)5-10-13(20)18-14(21)17-10/h3-5H,2,6H2,1H3,(H2,17,18,20,21)/b10-5+. The molecule has 23 heavy (non-hydrogen) atoms. The van der Waals surface area contributed by atoms with Crippen LogP contribution in [0.25, 0.3) is 6.08 Å². The number of carbonyl (C=O) groups excluding carboxylic acids is 3. The summed E-state index contributed by atoms with van der Waals surface area (Å²) < 4.78 is 10.6. The molecule has 3 amide bonds. The van der Waals surface area contributed by atoms with E-state index in [-0.39, 0.29) is 29.7 Å². The second-order valence-electron chi connectivity index (χ2n) is 4.37. The van der Waals surface area contributed by atoms with E-state index in [1.165, 1.54) is 12.1 Å². The number of halogens is 2. The Balaban J connectivity index is 2.17. The van der Waals surface area contributed by atoms with E-state index in [0.29, 0.717) is 10.0 Å². The number of amides is 3. The molecule has 0 aromatic heterocycles. The molecule has 0 unspecified atom stereocenters. The number of rotatable bonds is 5. The molecule has 1 aliphatic rings. The molecule has 9 heteroatoms. The molecular weight excluding hydrogens is 392 g/mol. The minimum atomic E-state index is -0.583. The Bertz CT molecular complexity index is 681. The number of imide groups is 1. The molecule has 0 radical (unpaired) electrons. The van der Waals surface area contributed by atoms with Gasteiger partial charge in [-0.25, -0.2) is 9.59 Å². The SMILES string of the molecule is CCOC(=O)COc1c(Cl)cc(/C=C2/NC(=O)NC2=O)cc1Br. The van der Waals surface area contributed by atoms with Gasteiger partial charge in [0.25, 0.3) is 5.91 Å². The number of esters is 1. The summed E-state index contributed by atoms with van der Waals surface area (Å²) in [7, 11) is 0. The predicted molar refractivity (Wildman–Crippen MR) is 85.9 cm³/mol. The van der Waals surface area contributed by atoms with E-state index in [1.54, 1.807) is 13.0 Å². The molecule has 122 valence electrons. The van der Waals surface area contributed by atoms with Crippen molar-refractivity contribution in [3.05, 3.63) is 32.9 Å². The molecule has 0 saturated carbocycles. The van der Waals surface area contributed by atoms with Gasteiger partial charge in [-0.3, -0.25) is 10.1 Å². The number of nitrogens with one attached hydrogen (secondary N) is 2. The van der Waals surface area contributed by atoms with Crippen molar-refractivity contribution in [1.82, 2.24) is 10.6 Å². The summed E-state index contributed by atoms with van der Waals surface area (Å²) in [5, 5.41) is 4.70. The number of urea groups is 1. The highest BCUT2D eigenvalue weighted by atomic mass is 79.9. The molecule has 1 aromatic carbocycles. The molecule has 0 bridgehead atoms. The van der Waals surface area contributed by atoms with E-state index in [2.05, 4.69) is 26.6 Å². The fourth-order valence-electron chi connectivity index (χ4n) is 1.78. The highest BCUT2D eigenvalue weighted by Crippen LogP contribution is 2.35. The normalized spacial score (nSPS) is 15.3. The average Bonchev–Trinajstić information content (AvgIpc) is 2.76. The van der Waals surface area contributed by atoms with Gasteiger partial charge in [-0.05, 0) is 46.6 Å². The Morgan fingerprint density at radius 2 is 2.09 bits per heavy atom. The highest BCUT2D eigenvalue weighted by Gasteiger charge is 2.23. The van der Waals surface area contributed by atoms with Crippen LogP contribution in [0.5, 0.6) is 5.75 Å². The van der Waals surface area contributed by atoms with Crippen LogP contribution in [0.2, 0.25) is 5.02 Å². The summed E-state index contributed by atoms with van der Waals surface area (Å²) in [6.45, 7) is 1.68. The number of carbonyl (C=O) groups is 3. The van der Waals surface area contributed by atoms with Crippen LogP contribution >= 0.6 is 27.5 Å². The van der Waals surface area contributed by atoms with E-state index >= 15 is 0 Å². The molecule has 1 saturated heterocycles. The Morgan fingerprint density at radius 1 is 1.35 bits per heavy atom. The fourth-order valence-corrected chi connectivity index (χ4v) is 2.77. The first-order valence-electron chi connectivity index (χ1n) is 6.52. The number of benzene rings is 1. The third-order valence-electron chi connectivity index (χ3n) is 2.69. The molecule has 1 aromatic rings. The maximum Gasteiger partial charge on any atom is 0.344 e. The lowest BCUT2D eigenvalue weighted by atomic mass is 10.2. The zero-order chi connectivity index (χ0) is 17.0. The maximum absolute atomic E-state index is 11.5. The van der Waals surface area contributed by atoms with Crippen LogP contribution in [0.3, 0.4) is 0 Å². The summed E-state index contributed by atoms with van der Waals surface area (Å²) in [5.41, 5.74) is 0.677. The second kappa shape index (κ2) is 7.47. The van der Waals surface area contributed by atoms with Crippen LogP contribution in [-0.2, 0) is 14.3 Å². The van der Waals surface area contributed by atoms with Gasteiger partial charge < -0.3 is 14.8 Å². The average molecular weight is 404 g/mol. The van der Waals surface area contributed by atoms with E-state index in [4.69, 9.17) is 21.1 Å². The van der Waals surface area contributed by atoms with Gasteiger partial charge in [0, 0.05) is 0 Å². The minimum absolute atomic E-state index is 0.109. The van der Waals surface area contributed by atoms with E-state index in [0.717, 1.165) is 0 Å². The van der Waals surface area contributed by atoms with Crippen molar-refractivity contribution in [2.45, 2.75) is 6.92 Å². The first-order chi connectivity index (χ1) is 10.9. The van der Waals surface area contributed by atoms with Crippen molar-refractivity contribution >= 4 is 51.5 Å². The fraction of sp³-hybridized carbons (Fsp3) is 0.214. The quantitative estimate of drug-likeness (QED) is 0.447. The van der Waals surface area contributed by atoms with Crippen molar-refractivity contribution in [2.75, 3.05) is 13.2 Å². The van der Waals surface area contributed by atoms with Crippen molar-refractivity contribution in [1.29, 1.82) is 0 Å². The van der Waals surface area contributed by atoms with Gasteiger partial charge in [0.2, 0.25) is 0 Å². The largest absolute Gasteiger partial charge is 0.479 e. The first-order valence-corrected chi connectivity index (χ1v) is 7.69. The smallest absolute Gasteiger partial charge is 0.344 e. The van der Waals surface area contributed by atoms with Crippen molar-refractivity contribution in [3.8, 4) is 5.75 Å². The van der Waals surface area contributed by atoms with Crippen molar-refractivity contribution in [3.63, 3.8) is 0 Å². The molecule has 0 atom stereocenters. The lowest BCUT2D eigenvalue weighted by Gasteiger charge is -2.10. The van der Waals surface area contributed by atoms with Crippen LogP contribution < -0.4 is 15.4 Å². The van der Waals surface area contributed by atoms with E-state index in [9.17, 15) is 14.4 Å². The number of hydrogen-bond donors (Lipinski definition) is 2. The van der Waals surface area contributed by atoms with Crippen LogP contribution in [0, 0.1) is 0 Å². The Hall–Kier alpha value is -2.06. The molecular formula is C14H12BrClN2O5. The third kappa shape index (κ3) is 4.46. The highest BCUT2D eigenvalue weighted by molar-refractivity contribution is 9.10. The Labute approximate surface area is 145 Å². The van der Waals surface area contributed by atoms with Gasteiger partial charge in [-0.2, -0.15) is 0 Å². The summed E-state index contributed by atoms with van der Waals surface area (Å²) >= 11 is 9.41. The third-order valence-corrected chi connectivity index (χ3v) is 3.56. The summed E-state index contributed by atoms with van der Waals surface area (Å²) in [4.78, 5) is 33.8. The van der Waals surface area contributed by atoms with Gasteiger partial charge in [-0.1, -0.05) is 11.6 Å². The van der Waals surface area contributed by atoms with Crippen LogP contribution in [-0.4, -0.2) is 31.1 Å². The monoisotopic (exact) mass is 402 g/mol. The van der Waals surface area contributed by atoms with Gasteiger partial charge >= 0.3 is 12.0 Å².